The van der Waals surface area contributed by atoms with Gasteiger partial charge in [0.1, 0.15) is 18.7 Å². The van der Waals surface area contributed by atoms with Crippen LogP contribution in [0.5, 0.6) is 5.75 Å². The van der Waals surface area contributed by atoms with Gasteiger partial charge in [0.2, 0.25) is 5.79 Å². The summed E-state index contributed by atoms with van der Waals surface area (Å²) < 4.78 is 25.0. The van der Waals surface area contributed by atoms with Crippen molar-refractivity contribution in [3.63, 3.8) is 0 Å². The van der Waals surface area contributed by atoms with Gasteiger partial charge in [0, 0.05) is 36.9 Å². The van der Waals surface area contributed by atoms with E-state index in [4.69, 9.17) is 9.47 Å². The van der Waals surface area contributed by atoms with Gasteiger partial charge in [0.25, 0.3) is 0 Å². The fourth-order valence-corrected chi connectivity index (χ4v) is 4.42. The van der Waals surface area contributed by atoms with Gasteiger partial charge in [-0.3, -0.25) is 4.98 Å². The molecule has 1 unspecified atom stereocenters. The number of pyridine rings is 1. The maximum Gasteiger partial charge on any atom is 0.205 e. The summed E-state index contributed by atoms with van der Waals surface area (Å²) in [6, 6.07) is 8.07. The molecule has 0 fully saturated rings. The van der Waals surface area contributed by atoms with Crippen LogP contribution >= 0.6 is 7.14 Å². The van der Waals surface area contributed by atoms with Crippen LogP contribution in [0, 0.1) is 13.8 Å². The molecule has 140 valence electrons. The standard InChI is InChI=1S/C20H27N2O3P/c1-13-7-9-15(10-8-13)22-19(26(5,6)23)16-11-21-14(2)18-17(16)12-24-20(3,4)25-18/h7-11,19,22H,12H2,1-6H3. The number of hydrogen-bond acceptors (Lipinski definition) is 5. The van der Waals surface area contributed by atoms with Crippen molar-refractivity contribution in [3.05, 3.63) is 52.8 Å². The van der Waals surface area contributed by atoms with E-state index in [9.17, 15) is 4.57 Å². The van der Waals surface area contributed by atoms with E-state index in [0.29, 0.717) is 6.61 Å². The van der Waals surface area contributed by atoms with E-state index in [2.05, 4.69) is 10.3 Å². The molecule has 0 amide bonds. The fourth-order valence-electron chi connectivity index (χ4n) is 3.07. The molecular weight excluding hydrogens is 347 g/mol. The molecule has 1 aliphatic rings. The first kappa shape index (κ1) is 18.9. The van der Waals surface area contributed by atoms with Crippen LogP contribution in [0.1, 0.15) is 42.0 Å². The Morgan fingerprint density at radius 3 is 2.46 bits per heavy atom. The summed E-state index contributed by atoms with van der Waals surface area (Å²) in [7, 11) is -2.53. The minimum Gasteiger partial charge on any atom is -0.461 e. The minimum atomic E-state index is -2.53. The SMILES string of the molecule is Cc1ccc(NC(c2cnc(C)c3c2COC(C)(C)O3)P(C)(C)=O)cc1. The molecular formula is C20H27N2O3P. The van der Waals surface area contributed by atoms with Gasteiger partial charge >= 0.3 is 0 Å². The van der Waals surface area contributed by atoms with Crippen molar-refractivity contribution in [2.75, 3.05) is 18.6 Å². The molecule has 5 nitrogen and oxygen atoms in total. The lowest BCUT2D eigenvalue weighted by Gasteiger charge is -2.36. The van der Waals surface area contributed by atoms with Crippen LogP contribution in [0.25, 0.3) is 0 Å². The Hall–Kier alpha value is -1.84. The molecule has 1 N–H and O–H groups in total. The number of benzene rings is 1. The van der Waals surface area contributed by atoms with E-state index in [1.165, 1.54) is 5.56 Å². The Morgan fingerprint density at radius 2 is 1.85 bits per heavy atom. The second-order valence-electron chi connectivity index (χ2n) is 7.74. The predicted molar refractivity (Wildman–Crippen MR) is 105 cm³/mol. The van der Waals surface area contributed by atoms with Crippen molar-refractivity contribution in [2.45, 2.75) is 45.9 Å². The highest BCUT2D eigenvalue weighted by Gasteiger charge is 2.35. The maximum atomic E-state index is 13.1. The number of rotatable bonds is 4. The molecule has 0 saturated carbocycles. The Kier molecular flexibility index (Phi) is 4.89. The molecule has 0 spiro atoms. The van der Waals surface area contributed by atoms with Crippen molar-refractivity contribution in [3.8, 4) is 5.75 Å². The first-order valence-corrected chi connectivity index (χ1v) is 11.4. The number of aromatic nitrogens is 1. The Labute approximate surface area is 155 Å². The average Bonchev–Trinajstić information content (AvgIpc) is 2.54. The number of nitrogens with one attached hydrogen (secondary N) is 1. The molecule has 1 aromatic heterocycles. The van der Waals surface area contributed by atoms with Crippen LogP contribution in [0.2, 0.25) is 0 Å². The van der Waals surface area contributed by atoms with E-state index in [0.717, 1.165) is 28.3 Å². The number of ether oxygens (including phenoxy) is 2. The summed E-state index contributed by atoms with van der Waals surface area (Å²) in [5.74, 6) is -0.316. The Morgan fingerprint density at radius 1 is 1.19 bits per heavy atom. The monoisotopic (exact) mass is 374 g/mol. The highest BCUT2D eigenvalue weighted by molar-refractivity contribution is 7.62. The van der Waals surface area contributed by atoms with Crippen molar-refractivity contribution in [2.24, 2.45) is 0 Å². The maximum absolute atomic E-state index is 13.1. The van der Waals surface area contributed by atoms with E-state index >= 15 is 0 Å². The number of anilines is 1. The summed E-state index contributed by atoms with van der Waals surface area (Å²) in [5.41, 5.74) is 4.72. The van der Waals surface area contributed by atoms with Gasteiger partial charge in [0.15, 0.2) is 0 Å². The summed E-state index contributed by atoms with van der Waals surface area (Å²) in [6.45, 7) is 11.7. The van der Waals surface area contributed by atoms with Gasteiger partial charge in [-0.25, -0.2) is 0 Å². The first-order valence-electron chi connectivity index (χ1n) is 8.76. The van der Waals surface area contributed by atoms with E-state index in [1.807, 2.05) is 52.0 Å². The summed E-state index contributed by atoms with van der Waals surface area (Å²) in [4.78, 5) is 4.51. The number of hydrogen-bond donors (Lipinski definition) is 1. The van der Waals surface area contributed by atoms with Gasteiger partial charge in [-0.05, 0) is 39.3 Å². The molecule has 1 aliphatic heterocycles. The number of nitrogens with zero attached hydrogens (tertiary/aromatic N) is 1. The fraction of sp³-hybridized carbons (Fsp3) is 0.450. The third-order valence-corrected chi connectivity index (χ3v) is 6.18. The minimum absolute atomic E-state index is 0.361. The summed E-state index contributed by atoms with van der Waals surface area (Å²) in [5, 5.41) is 3.44. The van der Waals surface area contributed by atoms with Crippen molar-refractivity contribution >= 4 is 12.8 Å². The normalized spacial score (nSPS) is 17.2. The third kappa shape index (κ3) is 3.94. The molecule has 2 aromatic rings. The molecule has 0 radical (unpaired) electrons. The van der Waals surface area contributed by atoms with Crippen LogP contribution in [0.4, 0.5) is 5.69 Å². The molecule has 1 atom stereocenters. The topological polar surface area (TPSA) is 60.5 Å². The van der Waals surface area contributed by atoms with Gasteiger partial charge in [-0.1, -0.05) is 17.7 Å². The van der Waals surface area contributed by atoms with Gasteiger partial charge in [-0.2, -0.15) is 0 Å². The zero-order valence-electron chi connectivity index (χ0n) is 16.3. The largest absolute Gasteiger partial charge is 0.461 e. The molecule has 26 heavy (non-hydrogen) atoms. The lowest BCUT2D eigenvalue weighted by atomic mass is 10.1. The lowest BCUT2D eigenvalue weighted by Crippen LogP contribution is -2.36. The van der Waals surface area contributed by atoms with Crippen molar-refractivity contribution in [1.29, 1.82) is 0 Å². The van der Waals surface area contributed by atoms with Crippen LogP contribution in [0.15, 0.2) is 30.5 Å². The molecule has 6 heteroatoms. The van der Waals surface area contributed by atoms with Gasteiger partial charge < -0.3 is 19.4 Å². The molecule has 3 rings (SSSR count). The zero-order valence-corrected chi connectivity index (χ0v) is 17.2. The summed E-state index contributed by atoms with van der Waals surface area (Å²) >= 11 is 0. The van der Waals surface area contributed by atoms with Gasteiger partial charge in [0.05, 0.1) is 12.3 Å². The quantitative estimate of drug-likeness (QED) is 0.757. The molecule has 0 bridgehead atoms. The number of fused-ring (bicyclic) bond motifs is 1. The predicted octanol–water partition coefficient (Wildman–Crippen LogP) is 5.08. The Bertz CT molecular complexity index is 856. The molecule has 0 aliphatic carbocycles. The van der Waals surface area contributed by atoms with Crippen molar-refractivity contribution in [1.82, 2.24) is 4.98 Å². The first-order chi connectivity index (χ1) is 12.1. The second-order valence-corrected chi connectivity index (χ2v) is 11.1. The second kappa shape index (κ2) is 6.71. The number of aryl methyl sites for hydroxylation is 2. The van der Waals surface area contributed by atoms with E-state index in [1.54, 1.807) is 19.5 Å². The van der Waals surface area contributed by atoms with E-state index in [-0.39, 0.29) is 5.78 Å². The van der Waals surface area contributed by atoms with Crippen molar-refractivity contribution < 1.29 is 14.0 Å². The van der Waals surface area contributed by atoms with Gasteiger partial charge in [-0.15, -0.1) is 0 Å². The van der Waals surface area contributed by atoms with Crippen LogP contribution in [0.3, 0.4) is 0 Å². The van der Waals surface area contributed by atoms with Crippen LogP contribution in [-0.4, -0.2) is 24.1 Å². The smallest absolute Gasteiger partial charge is 0.205 e. The zero-order chi connectivity index (χ0) is 19.1. The third-order valence-electron chi connectivity index (χ3n) is 4.53. The van der Waals surface area contributed by atoms with Crippen LogP contribution < -0.4 is 10.1 Å². The average molecular weight is 374 g/mol. The Balaban J connectivity index is 2.05. The van der Waals surface area contributed by atoms with Crippen LogP contribution in [-0.2, 0) is 15.9 Å². The lowest BCUT2D eigenvalue weighted by molar-refractivity contribution is -0.180. The molecule has 1 aromatic carbocycles. The molecule has 0 saturated heterocycles. The highest BCUT2D eigenvalue weighted by atomic mass is 31.2. The molecule has 2 heterocycles. The summed E-state index contributed by atoms with van der Waals surface area (Å²) in [6.07, 6.45) is 1.80. The van der Waals surface area contributed by atoms with E-state index < -0.39 is 12.9 Å². The highest BCUT2D eigenvalue weighted by Crippen LogP contribution is 2.54.